The van der Waals surface area contributed by atoms with Crippen LogP contribution in [0.4, 0.5) is 0 Å². The third-order valence-corrected chi connectivity index (χ3v) is 11.4. The lowest BCUT2D eigenvalue weighted by molar-refractivity contribution is -0.205. The van der Waals surface area contributed by atoms with Gasteiger partial charge in [-0.2, -0.15) is 11.8 Å². The monoisotopic (exact) mass is 678 g/mol. The molecular weight excluding hydrogens is 644 g/mol. The second-order valence-electron chi connectivity index (χ2n) is 12.1. The van der Waals surface area contributed by atoms with E-state index >= 15 is 0 Å². The summed E-state index contributed by atoms with van der Waals surface area (Å²) in [5, 5.41) is 23.5. The van der Waals surface area contributed by atoms with E-state index in [0.29, 0.717) is 16.6 Å². The Morgan fingerprint density at radius 1 is 1.14 bits per heavy atom. The first-order valence-electron chi connectivity index (χ1n) is 14.4. The average Bonchev–Trinajstić information content (AvgIpc) is 3.45. The molecule has 43 heavy (non-hydrogen) atoms. The number of ether oxygens (including phenoxy) is 1. The molecule has 0 saturated heterocycles. The van der Waals surface area contributed by atoms with E-state index in [2.05, 4.69) is 15.9 Å². The maximum Gasteiger partial charge on any atom is 0.306 e. The Bertz CT molecular complexity index is 1380. The molecule has 4 N–H and O–H groups in total. The zero-order valence-electron chi connectivity index (χ0n) is 23.9. The number of esters is 1. The van der Waals surface area contributed by atoms with E-state index in [4.69, 9.17) is 10.5 Å². The van der Waals surface area contributed by atoms with E-state index in [1.54, 1.807) is 23.9 Å². The van der Waals surface area contributed by atoms with Gasteiger partial charge in [-0.05, 0) is 38.6 Å². The molecule has 5 rings (SSSR count). The first kappa shape index (κ1) is 31.8. The minimum atomic E-state index is -3.04. The van der Waals surface area contributed by atoms with Gasteiger partial charge >= 0.3 is 5.97 Å². The summed E-state index contributed by atoms with van der Waals surface area (Å²) in [7, 11) is 2.97. The molecule has 0 heterocycles. The molecule has 0 radical (unpaired) electrons. The number of phenolic OH excluding ortho intramolecular Hbond substituents is 1. The number of rotatable bonds is 8. The number of aliphatic hydroxyl groups is 1. The van der Waals surface area contributed by atoms with Crippen LogP contribution in [0, 0.1) is 23.7 Å². The van der Waals surface area contributed by atoms with Crippen molar-refractivity contribution in [2.75, 3.05) is 25.2 Å². The minimum absolute atomic E-state index is 0.0864. The van der Waals surface area contributed by atoms with Crippen molar-refractivity contribution < 1.29 is 43.7 Å². The van der Waals surface area contributed by atoms with E-state index < -0.39 is 82.3 Å². The molecule has 13 heteroatoms. The van der Waals surface area contributed by atoms with Crippen molar-refractivity contribution in [2.45, 2.75) is 61.0 Å². The van der Waals surface area contributed by atoms with Crippen molar-refractivity contribution in [2.24, 2.45) is 29.4 Å². The summed E-state index contributed by atoms with van der Waals surface area (Å²) >= 11 is 4.88. The van der Waals surface area contributed by atoms with Gasteiger partial charge in [-0.1, -0.05) is 40.9 Å². The molecule has 4 aliphatic rings. The van der Waals surface area contributed by atoms with Crippen LogP contribution in [0.3, 0.4) is 0 Å². The summed E-state index contributed by atoms with van der Waals surface area (Å²) in [6, 6.07) is 3.19. The lowest BCUT2D eigenvalue weighted by atomic mass is 9.49. The van der Waals surface area contributed by atoms with E-state index in [9.17, 15) is 39.0 Å². The Morgan fingerprint density at radius 3 is 2.42 bits per heavy atom. The number of Topliss-reactive ketones (excluding diaryl/α,β-unsaturated/α-hetero) is 4. The van der Waals surface area contributed by atoms with Gasteiger partial charge in [0.2, 0.25) is 5.91 Å². The van der Waals surface area contributed by atoms with Gasteiger partial charge in [-0.25, -0.2) is 0 Å². The molecule has 2 unspecified atom stereocenters. The number of aromatic hydroxyl groups is 1. The molecule has 0 aromatic heterocycles. The number of primary amides is 1. The molecule has 11 nitrogen and oxygen atoms in total. The van der Waals surface area contributed by atoms with Crippen LogP contribution in [-0.4, -0.2) is 98.3 Å². The van der Waals surface area contributed by atoms with Crippen molar-refractivity contribution in [1.82, 2.24) is 4.90 Å². The minimum Gasteiger partial charge on any atom is -0.507 e. The van der Waals surface area contributed by atoms with E-state index in [1.165, 1.54) is 25.1 Å². The molecule has 1 amide bonds. The fourth-order valence-corrected chi connectivity index (χ4v) is 9.54. The first-order valence-corrected chi connectivity index (χ1v) is 16.6. The summed E-state index contributed by atoms with van der Waals surface area (Å²) in [4.78, 5) is 83.0. The number of ketones is 4. The summed E-state index contributed by atoms with van der Waals surface area (Å²) in [6.45, 7) is 0. The molecule has 1 aromatic rings. The number of thioether (sulfide) groups is 1. The average molecular weight is 680 g/mol. The van der Waals surface area contributed by atoms with Crippen LogP contribution >= 0.6 is 27.7 Å². The molecule has 232 valence electrons. The number of alkyl halides is 1. The van der Waals surface area contributed by atoms with Crippen molar-refractivity contribution in [1.29, 1.82) is 0 Å². The predicted octanol–water partition coefficient (Wildman–Crippen LogP) is 1.39. The molecule has 0 aliphatic heterocycles. The van der Waals surface area contributed by atoms with Crippen LogP contribution in [-0.2, 0) is 28.7 Å². The Labute approximate surface area is 261 Å². The van der Waals surface area contributed by atoms with Gasteiger partial charge in [0, 0.05) is 28.2 Å². The van der Waals surface area contributed by atoms with Crippen molar-refractivity contribution in [3.05, 3.63) is 29.3 Å². The number of benzene rings is 1. The fraction of sp³-hybridized carbons (Fsp3) is 0.600. The maximum absolute atomic E-state index is 14.5. The Morgan fingerprint density at radius 2 is 1.81 bits per heavy atom. The van der Waals surface area contributed by atoms with E-state index in [-0.39, 0.29) is 23.1 Å². The largest absolute Gasteiger partial charge is 0.507 e. The van der Waals surface area contributed by atoms with Crippen LogP contribution < -0.4 is 5.73 Å². The number of likely N-dealkylation sites (N-methyl/N-ethyl adjacent to an activating group) is 1. The molecular formula is C30H35BrN2O9S. The van der Waals surface area contributed by atoms with Crippen LogP contribution in [0.15, 0.2) is 18.2 Å². The van der Waals surface area contributed by atoms with Gasteiger partial charge in [-0.15, -0.1) is 0 Å². The topological polar surface area (TPSA) is 181 Å². The number of carbonyl (C=O) groups excluding carboxylic acids is 6. The summed E-state index contributed by atoms with van der Waals surface area (Å²) < 4.78 is 6.00. The first-order chi connectivity index (χ1) is 20.4. The number of carbonyl (C=O) groups is 6. The summed E-state index contributed by atoms with van der Waals surface area (Å²) in [6.07, 6.45) is 2.63. The quantitative estimate of drug-likeness (QED) is 0.205. The SMILES string of the molecule is CN(C)[C@@H]1C(=O)C(C(N)=O)C(=O)[C@@]2(O)C(=O)C3C(=O)c4c(O)cccc4[C@H](CSC4CCCC4)[C@H]3[C@H](OC(=O)CCBr)[C@@H]12. The maximum atomic E-state index is 14.5. The van der Waals surface area contributed by atoms with Crippen molar-refractivity contribution >= 4 is 62.7 Å². The number of phenols is 1. The normalized spacial score (nSPS) is 34.1. The van der Waals surface area contributed by atoms with E-state index in [0.717, 1.165) is 25.7 Å². The highest BCUT2D eigenvalue weighted by molar-refractivity contribution is 9.09. The summed E-state index contributed by atoms with van der Waals surface area (Å²) in [5.74, 6) is -13.5. The van der Waals surface area contributed by atoms with Crippen molar-refractivity contribution in [3.63, 3.8) is 0 Å². The van der Waals surface area contributed by atoms with Gasteiger partial charge in [0.1, 0.15) is 11.9 Å². The zero-order valence-corrected chi connectivity index (χ0v) is 26.3. The van der Waals surface area contributed by atoms with Gasteiger partial charge in [0.05, 0.1) is 29.9 Å². The molecule has 4 aliphatic carbocycles. The fourth-order valence-electron chi connectivity index (χ4n) is 7.67. The Hall–Kier alpha value is -2.61. The Balaban J connectivity index is 1.74. The smallest absolute Gasteiger partial charge is 0.306 e. The number of nitrogens with zero attached hydrogens (tertiary/aromatic N) is 1. The third-order valence-electron chi connectivity index (χ3n) is 9.50. The number of amides is 1. The van der Waals surface area contributed by atoms with Crippen LogP contribution in [0.5, 0.6) is 5.75 Å². The van der Waals surface area contributed by atoms with E-state index in [1.807, 2.05) is 0 Å². The summed E-state index contributed by atoms with van der Waals surface area (Å²) in [5.41, 5.74) is 2.79. The second kappa shape index (κ2) is 12.1. The second-order valence-corrected chi connectivity index (χ2v) is 14.2. The van der Waals surface area contributed by atoms with Crippen molar-refractivity contribution in [3.8, 4) is 5.75 Å². The van der Waals surface area contributed by atoms with Crippen LogP contribution in [0.25, 0.3) is 0 Å². The van der Waals surface area contributed by atoms with Gasteiger partial charge in [0.25, 0.3) is 0 Å². The highest BCUT2D eigenvalue weighted by Crippen LogP contribution is 2.56. The van der Waals surface area contributed by atoms with Crippen LogP contribution in [0.2, 0.25) is 0 Å². The van der Waals surface area contributed by atoms with Gasteiger partial charge in [0.15, 0.2) is 34.7 Å². The molecule has 1 aromatic carbocycles. The number of hydrogen-bond acceptors (Lipinski definition) is 11. The molecule has 0 spiro atoms. The number of nitrogens with two attached hydrogens (primary N) is 1. The number of fused-ring (bicyclic) bond motifs is 3. The zero-order chi connectivity index (χ0) is 31.4. The molecule has 3 saturated carbocycles. The highest BCUT2D eigenvalue weighted by atomic mass is 79.9. The predicted molar refractivity (Wildman–Crippen MR) is 159 cm³/mol. The standard InChI is InChI=1S/C30H35BrN2O9S/c1-33(2)23-22-26(42-17(35)10-11-31)19-15(12-43-13-6-3-4-7-13)14-8-5-9-16(34)18(14)24(36)20(19)27(38)30(22,41)28(39)21(25(23)37)29(32)40/h5,8-9,13,15,19-23,26,34,41H,3-4,6-7,10-12H2,1-2H3,(H2,32,40)/t15-,19+,20?,21?,22+,23-,26-,30-/m0/s1. The van der Waals surface area contributed by atoms with Gasteiger partial charge in [-0.3, -0.25) is 33.7 Å². The van der Waals surface area contributed by atoms with Crippen LogP contribution in [0.1, 0.15) is 53.9 Å². The number of hydrogen-bond donors (Lipinski definition) is 3. The Kier molecular flexibility index (Phi) is 8.92. The molecule has 3 fully saturated rings. The number of halogens is 1. The lowest BCUT2D eigenvalue weighted by Crippen LogP contribution is -2.78. The lowest BCUT2D eigenvalue weighted by Gasteiger charge is -2.57. The van der Waals surface area contributed by atoms with Gasteiger partial charge < -0.3 is 20.7 Å². The molecule has 0 bridgehead atoms. The highest BCUT2D eigenvalue weighted by Gasteiger charge is 2.74. The molecule has 8 atom stereocenters. The third kappa shape index (κ3) is 5.05.